The molecule has 9 heavy (non-hydrogen) atoms. The van der Waals surface area contributed by atoms with Crippen molar-refractivity contribution in [3.05, 3.63) is 0 Å². The smallest absolute Gasteiger partial charge is 0.126 e. The minimum Gasteiger partial charge on any atom is -0.392 e. The lowest BCUT2D eigenvalue weighted by Crippen LogP contribution is -2.28. The van der Waals surface area contributed by atoms with Crippen LogP contribution in [0.25, 0.3) is 0 Å². The molecule has 0 radical (unpaired) electrons. The molecule has 0 bridgehead atoms. The minimum absolute atomic E-state index is 0.108. The maximum Gasteiger partial charge on any atom is 0.126 e. The van der Waals surface area contributed by atoms with E-state index in [9.17, 15) is 4.79 Å². The van der Waals surface area contributed by atoms with Gasteiger partial charge in [-0.1, -0.05) is 0 Å². The number of carbonyl (C=O) groups is 1. The summed E-state index contributed by atoms with van der Waals surface area (Å²) in [6.45, 7) is 0. The zero-order chi connectivity index (χ0) is 6.69. The molecule has 0 aromatic heterocycles. The third kappa shape index (κ3) is 1.69. The molecule has 0 aromatic carbocycles. The Morgan fingerprint density at radius 1 is 1.67 bits per heavy atom. The lowest BCUT2D eigenvalue weighted by Gasteiger charge is -2.21. The van der Waals surface area contributed by atoms with Crippen molar-refractivity contribution in [2.75, 3.05) is 11.5 Å². The summed E-state index contributed by atoms with van der Waals surface area (Å²) >= 11 is 1.74. The predicted molar refractivity (Wildman–Crippen MR) is 37.5 cm³/mol. The van der Waals surface area contributed by atoms with Gasteiger partial charge in [0.05, 0.1) is 6.10 Å². The molecule has 1 rings (SSSR count). The maximum absolute atomic E-state index is 10.2. The highest BCUT2D eigenvalue weighted by atomic mass is 32.2. The van der Waals surface area contributed by atoms with Gasteiger partial charge >= 0.3 is 0 Å². The van der Waals surface area contributed by atoms with Gasteiger partial charge in [0.2, 0.25) is 0 Å². The lowest BCUT2D eigenvalue weighted by atomic mass is 10.0. The minimum atomic E-state index is -0.372. The molecule has 1 aliphatic rings. The molecule has 0 amide bonds. The first-order valence-electron chi connectivity index (χ1n) is 3.05. The van der Waals surface area contributed by atoms with Crippen LogP contribution in [0.4, 0.5) is 0 Å². The van der Waals surface area contributed by atoms with Crippen molar-refractivity contribution in [2.24, 2.45) is 5.92 Å². The summed E-state index contributed by atoms with van der Waals surface area (Å²) < 4.78 is 0. The molecule has 0 saturated carbocycles. The van der Waals surface area contributed by atoms with Gasteiger partial charge in [-0.25, -0.2) is 0 Å². The van der Waals surface area contributed by atoms with Crippen molar-refractivity contribution in [3.8, 4) is 0 Å². The van der Waals surface area contributed by atoms with Crippen LogP contribution in [0.3, 0.4) is 0 Å². The molecular formula is C6H10O2S. The van der Waals surface area contributed by atoms with Crippen LogP contribution in [-0.2, 0) is 4.79 Å². The van der Waals surface area contributed by atoms with Crippen LogP contribution in [0.5, 0.6) is 0 Å². The fraction of sp³-hybridized carbons (Fsp3) is 0.833. The Labute approximate surface area is 58.6 Å². The Morgan fingerprint density at radius 2 is 2.44 bits per heavy atom. The zero-order valence-corrected chi connectivity index (χ0v) is 5.93. The van der Waals surface area contributed by atoms with Crippen molar-refractivity contribution >= 4 is 18.0 Å². The number of rotatable bonds is 1. The average molecular weight is 146 g/mol. The van der Waals surface area contributed by atoms with Gasteiger partial charge < -0.3 is 9.90 Å². The maximum atomic E-state index is 10.2. The van der Waals surface area contributed by atoms with Gasteiger partial charge in [0, 0.05) is 11.7 Å². The summed E-state index contributed by atoms with van der Waals surface area (Å²) in [5.74, 6) is 1.68. The second-order valence-electron chi connectivity index (χ2n) is 2.23. The Bertz CT molecular complexity index is 105. The first-order valence-corrected chi connectivity index (χ1v) is 4.21. The van der Waals surface area contributed by atoms with Gasteiger partial charge in [-0.15, -0.1) is 0 Å². The van der Waals surface area contributed by atoms with Crippen molar-refractivity contribution < 1.29 is 9.90 Å². The molecule has 0 aromatic rings. The standard InChI is InChI=1S/C6H10O2S/c7-3-5-4-9-2-1-6(5)8/h3,5-6,8H,1-2,4H2. The molecule has 2 atom stereocenters. The van der Waals surface area contributed by atoms with Crippen LogP contribution in [0.15, 0.2) is 0 Å². The Kier molecular flexibility index (Phi) is 2.54. The number of carbonyl (C=O) groups excluding carboxylic acids is 1. The van der Waals surface area contributed by atoms with Crippen molar-refractivity contribution in [1.82, 2.24) is 0 Å². The Hall–Kier alpha value is -0.0200. The van der Waals surface area contributed by atoms with Crippen molar-refractivity contribution in [1.29, 1.82) is 0 Å². The lowest BCUT2D eigenvalue weighted by molar-refractivity contribution is -0.113. The molecule has 52 valence electrons. The van der Waals surface area contributed by atoms with E-state index < -0.39 is 0 Å². The summed E-state index contributed by atoms with van der Waals surface area (Å²) in [4.78, 5) is 10.2. The first kappa shape index (κ1) is 7.09. The fourth-order valence-corrected chi connectivity index (χ4v) is 2.03. The van der Waals surface area contributed by atoms with E-state index in [1.54, 1.807) is 11.8 Å². The first-order chi connectivity index (χ1) is 4.34. The van der Waals surface area contributed by atoms with Gasteiger partial charge in [0.15, 0.2) is 0 Å². The van der Waals surface area contributed by atoms with E-state index in [1.807, 2.05) is 0 Å². The molecule has 1 heterocycles. The second kappa shape index (κ2) is 3.22. The van der Waals surface area contributed by atoms with Gasteiger partial charge in [-0.2, -0.15) is 11.8 Å². The average Bonchev–Trinajstić information content (AvgIpc) is 1.89. The molecule has 2 unspecified atom stereocenters. The number of aliphatic hydroxyl groups is 1. The summed E-state index contributed by atoms with van der Waals surface area (Å²) in [6, 6.07) is 0. The van der Waals surface area contributed by atoms with E-state index in [0.717, 1.165) is 24.2 Å². The van der Waals surface area contributed by atoms with E-state index in [2.05, 4.69) is 0 Å². The predicted octanol–water partition coefficient (Wildman–Crippen LogP) is 0.299. The highest BCUT2D eigenvalue weighted by molar-refractivity contribution is 7.99. The molecule has 1 saturated heterocycles. The van der Waals surface area contributed by atoms with Gasteiger partial charge in [0.25, 0.3) is 0 Å². The quantitative estimate of drug-likeness (QED) is 0.541. The second-order valence-corrected chi connectivity index (χ2v) is 3.38. The molecule has 1 aliphatic heterocycles. The van der Waals surface area contributed by atoms with E-state index in [1.165, 1.54) is 0 Å². The number of hydrogen-bond donors (Lipinski definition) is 1. The Morgan fingerprint density at radius 3 is 2.89 bits per heavy atom. The number of aldehydes is 1. The van der Waals surface area contributed by atoms with Crippen LogP contribution in [-0.4, -0.2) is 29.0 Å². The topological polar surface area (TPSA) is 37.3 Å². The third-order valence-corrected chi connectivity index (χ3v) is 2.68. The van der Waals surface area contributed by atoms with Crippen molar-refractivity contribution in [2.45, 2.75) is 12.5 Å². The van der Waals surface area contributed by atoms with Crippen LogP contribution in [0, 0.1) is 5.92 Å². The van der Waals surface area contributed by atoms with E-state index in [4.69, 9.17) is 5.11 Å². The molecule has 3 heteroatoms. The Balaban J connectivity index is 2.38. The number of hydrogen-bond acceptors (Lipinski definition) is 3. The largest absolute Gasteiger partial charge is 0.392 e. The number of thioether (sulfide) groups is 1. The summed E-state index contributed by atoms with van der Waals surface area (Å²) in [5, 5.41) is 9.12. The summed E-state index contributed by atoms with van der Waals surface area (Å²) in [6.07, 6.45) is 1.26. The molecule has 2 nitrogen and oxygen atoms in total. The summed E-state index contributed by atoms with van der Waals surface area (Å²) in [7, 11) is 0. The van der Waals surface area contributed by atoms with Gasteiger partial charge in [-0.3, -0.25) is 0 Å². The van der Waals surface area contributed by atoms with E-state index in [-0.39, 0.29) is 12.0 Å². The molecule has 0 aliphatic carbocycles. The fourth-order valence-electron chi connectivity index (χ4n) is 0.879. The number of aliphatic hydroxyl groups excluding tert-OH is 1. The third-order valence-electron chi connectivity index (χ3n) is 1.54. The normalized spacial score (nSPS) is 36.1. The van der Waals surface area contributed by atoms with Crippen LogP contribution < -0.4 is 0 Å². The van der Waals surface area contributed by atoms with E-state index >= 15 is 0 Å². The van der Waals surface area contributed by atoms with Crippen LogP contribution >= 0.6 is 11.8 Å². The monoisotopic (exact) mass is 146 g/mol. The van der Waals surface area contributed by atoms with E-state index in [0.29, 0.717) is 0 Å². The summed E-state index contributed by atoms with van der Waals surface area (Å²) in [5.41, 5.74) is 0. The van der Waals surface area contributed by atoms with Gasteiger partial charge in [-0.05, 0) is 12.2 Å². The molecule has 1 fully saturated rings. The zero-order valence-electron chi connectivity index (χ0n) is 5.12. The highest BCUT2D eigenvalue weighted by Crippen LogP contribution is 2.21. The van der Waals surface area contributed by atoms with Crippen LogP contribution in [0.1, 0.15) is 6.42 Å². The molecule has 0 spiro atoms. The van der Waals surface area contributed by atoms with Crippen LogP contribution in [0.2, 0.25) is 0 Å². The highest BCUT2D eigenvalue weighted by Gasteiger charge is 2.21. The SMILES string of the molecule is O=CC1CSCCC1O. The molecule has 1 N–H and O–H groups in total. The van der Waals surface area contributed by atoms with Crippen molar-refractivity contribution in [3.63, 3.8) is 0 Å². The molecular weight excluding hydrogens is 136 g/mol. The van der Waals surface area contributed by atoms with Gasteiger partial charge in [0.1, 0.15) is 6.29 Å².